The van der Waals surface area contributed by atoms with Crippen LogP contribution in [0.1, 0.15) is 11.1 Å². The van der Waals surface area contributed by atoms with Crippen LogP contribution in [-0.2, 0) is 0 Å². The fraction of sp³-hybridized carbons (Fsp3) is 0.250. The van der Waals surface area contributed by atoms with Crippen LogP contribution < -0.4 is 16.4 Å². The molecule has 1 atom stereocenters. The van der Waals surface area contributed by atoms with E-state index >= 15 is 0 Å². The van der Waals surface area contributed by atoms with Gasteiger partial charge in [-0.25, -0.2) is 4.99 Å². The van der Waals surface area contributed by atoms with Gasteiger partial charge in [0, 0.05) is 29.4 Å². The van der Waals surface area contributed by atoms with Crippen LogP contribution in [0.15, 0.2) is 29.3 Å². The minimum absolute atomic E-state index is 0.434. The number of likely N-dealkylation sites (N-methyl/N-ethyl adjacent to an activating group) is 1. The lowest BCUT2D eigenvalue weighted by atomic mass is 10.0. The fourth-order valence-electron chi connectivity index (χ4n) is 1.73. The van der Waals surface area contributed by atoms with E-state index in [2.05, 4.69) is 15.6 Å². The lowest BCUT2D eigenvalue weighted by Crippen LogP contribution is -2.40. The van der Waals surface area contributed by atoms with Crippen LogP contribution in [0.3, 0.4) is 0 Å². The van der Waals surface area contributed by atoms with Gasteiger partial charge in [0.1, 0.15) is 5.84 Å². The van der Waals surface area contributed by atoms with Gasteiger partial charge in [-0.2, -0.15) is 0 Å². The molecule has 1 heterocycles. The van der Waals surface area contributed by atoms with Crippen LogP contribution in [0.4, 0.5) is 0 Å². The number of amidine groups is 1. The van der Waals surface area contributed by atoms with E-state index in [9.17, 15) is 0 Å². The van der Waals surface area contributed by atoms with E-state index in [1.807, 2.05) is 38.2 Å². The first kappa shape index (κ1) is 12.0. The third kappa shape index (κ3) is 2.60. The van der Waals surface area contributed by atoms with Crippen molar-refractivity contribution in [3.8, 4) is 0 Å². The summed E-state index contributed by atoms with van der Waals surface area (Å²) in [4.78, 5) is 4.19. The van der Waals surface area contributed by atoms with Gasteiger partial charge < -0.3 is 10.6 Å². The lowest BCUT2D eigenvalue weighted by Gasteiger charge is -2.22. The van der Waals surface area contributed by atoms with Gasteiger partial charge in [-0.3, -0.25) is 5.73 Å². The molecule has 1 aliphatic heterocycles. The molecule has 1 aromatic rings. The Morgan fingerprint density at radius 3 is 2.94 bits per heavy atom. The predicted molar refractivity (Wildman–Crippen MR) is 71.8 cm³/mol. The smallest absolute Gasteiger partial charge is 0.173 e. The molecule has 0 saturated heterocycles. The molecule has 17 heavy (non-hydrogen) atoms. The van der Waals surface area contributed by atoms with E-state index in [0.717, 1.165) is 22.7 Å². The third-order valence-electron chi connectivity index (χ3n) is 2.61. The van der Waals surface area contributed by atoms with E-state index in [1.165, 1.54) is 0 Å². The molecular formula is C12H15ClN4. The second kappa shape index (κ2) is 4.77. The maximum absolute atomic E-state index is 6.01. The van der Waals surface area contributed by atoms with Crippen molar-refractivity contribution in [2.45, 2.75) is 13.2 Å². The molecule has 5 heteroatoms. The summed E-state index contributed by atoms with van der Waals surface area (Å²) in [5.74, 6) is 0.755. The van der Waals surface area contributed by atoms with Crippen LogP contribution in [0.5, 0.6) is 0 Å². The minimum atomic E-state index is -0.434. The van der Waals surface area contributed by atoms with Crippen molar-refractivity contribution in [2.75, 3.05) is 7.05 Å². The molecule has 2 rings (SSSR count). The number of nitrogens with two attached hydrogens (primary N) is 1. The van der Waals surface area contributed by atoms with Crippen molar-refractivity contribution < 1.29 is 0 Å². The molecule has 0 saturated carbocycles. The SMILES string of the molecule is CNC1=NC(N)NC(c2cc(Cl)ccc2C)=C1. The summed E-state index contributed by atoms with van der Waals surface area (Å²) in [6.45, 7) is 2.03. The number of halogens is 1. The first-order valence-corrected chi connectivity index (χ1v) is 5.74. The monoisotopic (exact) mass is 250 g/mol. The molecular weight excluding hydrogens is 236 g/mol. The zero-order valence-corrected chi connectivity index (χ0v) is 10.5. The Morgan fingerprint density at radius 2 is 2.24 bits per heavy atom. The normalized spacial score (nSPS) is 19.2. The summed E-state index contributed by atoms with van der Waals surface area (Å²) in [5, 5.41) is 6.81. The number of nitrogens with zero attached hydrogens (tertiary/aromatic N) is 1. The minimum Gasteiger partial charge on any atom is -0.373 e. The molecule has 0 amide bonds. The summed E-state index contributed by atoms with van der Waals surface area (Å²) in [6.07, 6.45) is 1.48. The average molecular weight is 251 g/mol. The van der Waals surface area contributed by atoms with Gasteiger partial charge in [-0.05, 0) is 24.6 Å². The van der Waals surface area contributed by atoms with E-state index in [0.29, 0.717) is 5.02 Å². The Hall–Kier alpha value is -1.52. The Balaban J connectivity index is 2.43. The summed E-state index contributed by atoms with van der Waals surface area (Å²) >= 11 is 6.01. The van der Waals surface area contributed by atoms with Crippen molar-refractivity contribution in [3.63, 3.8) is 0 Å². The van der Waals surface area contributed by atoms with Crippen molar-refractivity contribution in [1.82, 2.24) is 10.6 Å². The fourth-order valence-corrected chi connectivity index (χ4v) is 1.91. The number of benzene rings is 1. The van der Waals surface area contributed by atoms with Crippen molar-refractivity contribution >= 4 is 23.1 Å². The second-order valence-electron chi connectivity index (χ2n) is 3.87. The number of aliphatic imine (C=N–C) groups is 1. The van der Waals surface area contributed by atoms with E-state index in [4.69, 9.17) is 17.3 Å². The summed E-state index contributed by atoms with van der Waals surface area (Å²) in [5.41, 5.74) is 8.91. The highest BCUT2D eigenvalue weighted by Crippen LogP contribution is 2.22. The summed E-state index contributed by atoms with van der Waals surface area (Å²) in [7, 11) is 1.82. The second-order valence-corrected chi connectivity index (χ2v) is 4.31. The largest absolute Gasteiger partial charge is 0.373 e. The molecule has 4 N–H and O–H groups in total. The first-order chi connectivity index (χ1) is 8.10. The highest BCUT2D eigenvalue weighted by Gasteiger charge is 2.14. The maximum Gasteiger partial charge on any atom is 0.173 e. The molecule has 0 radical (unpaired) electrons. The molecule has 1 unspecified atom stereocenters. The third-order valence-corrected chi connectivity index (χ3v) is 2.84. The van der Waals surface area contributed by atoms with E-state index < -0.39 is 6.29 Å². The predicted octanol–water partition coefficient (Wildman–Crippen LogP) is 1.45. The topological polar surface area (TPSA) is 62.4 Å². The highest BCUT2D eigenvalue weighted by molar-refractivity contribution is 6.30. The Bertz CT molecular complexity index is 493. The van der Waals surface area contributed by atoms with Crippen LogP contribution >= 0.6 is 11.6 Å². The summed E-state index contributed by atoms with van der Waals surface area (Å²) in [6, 6.07) is 5.77. The van der Waals surface area contributed by atoms with Crippen LogP contribution in [0, 0.1) is 6.92 Å². The van der Waals surface area contributed by atoms with Gasteiger partial charge in [0.05, 0.1) is 0 Å². The van der Waals surface area contributed by atoms with Gasteiger partial charge >= 0.3 is 0 Å². The van der Waals surface area contributed by atoms with Crippen LogP contribution in [0.25, 0.3) is 5.70 Å². The lowest BCUT2D eigenvalue weighted by molar-refractivity contribution is 0.644. The number of hydrogen-bond donors (Lipinski definition) is 3. The highest BCUT2D eigenvalue weighted by atomic mass is 35.5. The van der Waals surface area contributed by atoms with Gasteiger partial charge in [-0.1, -0.05) is 17.7 Å². The van der Waals surface area contributed by atoms with Crippen LogP contribution in [-0.4, -0.2) is 19.2 Å². The quantitative estimate of drug-likeness (QED) is 0.707. The Morgan fingerprint density at radius 1 is 1.47 bits per heavy atom. The molecule has 0 aliphatic carbocycles. The van der Waals surface area contributed by atoms with Gasteiger partial charge in [-0.15, -0.1) is 0 Å². The molecule has 1 aliphatic rings. The van der Waals surface area contributed by atoms with E-state index in [1.54, 1.807) is 0 Å². The number of rotatable bonds is 1. The number of hydrogen-bond acceptors (Lipinski definition) is 4. The van der Waals surface area contributed by atoms with Gasteiger partial charge in [0.2, 0.25) is 0 Å². The van der Waals surface area contributed by atoms with Crippen molar-refractivity contribution in [1.29, 1.82) is 0 Å². The average Bonchev–Trinajstić information content (AvgIpc) is 2.31. The summed E-state index contributed by atoms with van der Waals surface area (Å²) < 4.78 is 0. The maximum atomic E-state index is 6.01. The van der Waals surface area contributed by atoms with Crippen LogP contribution in [0.2, 0.25) is 5.02 Å². The Kier molecular flexibility index (Phi) is 3.36. The van der Waals surface area contributed by atoms with Gasteiger partial charge in [0.15, 0.2) is 6.29 Å². The molecule has 90 valence electrons. The van der Waals surface area contributed by atoms with Crippen molar-refractivity contribution in [3.05, 3.63) is 40.4 Å². The zero-order valence-electron chi connectivity index (χ0n) is 9.79. The standard InChI is InChI=1S/C12H15ClN4/c1-7-3-4-8(13)5-9(7)10-6-11(15-2)17-12(14)16-10/h3-6,12,16H,14H2,1-2H3,(H,15,17). The van der Waals surface area contributed by atoms with Crippen molar-refractivity contribution in [2.24, 2.45) is 10.7 Å². The Labute approximate surface area is 106 Å². The molecule has 0 bridgehead atoms. The molecule has 0 aromatic heterocycles. The molecule has 1 aromatic carbocycles. The molecule has 4 nitrogen and oxygen atoms in total. The zero-order chi connectivity index (χ0) is 12.4. The molecule has 0 fully saturated rings. The molecule has 0 spiro atoms. The first-order valence-electron chi connectivity index (χ1n) is 5.36. The number of nitrogens with one attached hydrogen (secondary N) is 2. The van der Waals surface area contributed by atoms with Gasteiger partial charge in [0.25, 0.3) is 0 Å². The van der Waals surface area contributed by atoms with E-state index in [-0.39, 0.29) is 0 Å². The number of aryl methyl sites for hydroxylation is 1.